The second-order valence-electron chi connectivity index (χ2n) is 7.39. The van der Waals surface area contributed by atoms with Gasteiger partial charge in [0.25, 0.3) is 0 Å². The van der Waals surface area contributed by atoms with E-state index < -0.39 is 0 Å². The molecule has 0 bridgehead atoms. The summed E-state index contributed by atoms with van der Waals surface area (Å²) >= 11 is 0. The van der Waals surface area contributed by atoms with E-state index in [0.29, 0.717) is 23.0 Å². The molecule has 0 saturated heterocycles. The van der Waals surface area contributed by atoms with E-state index in [2.05, 4.69) is 0 Å². The fourth-order valence-corrected chi connectivity index (χ4v) is 3.65. The summed E-state index contributed by atoms with van der Waals surface area (Å²) in [4.78, 5) is 9.47. The summed E-state index contributed by atoms with van der Waals surface area (Å²) < 4.78 is 21.4. The van der Waals surface area contributed by atoms with Gasteiger partial charge >= 0.3 is 0 Å². The van der Waals surface area contributed by atoms with E-state index in [4.69, 9.17) is 28.9 Å². The Morgan fingerprint density at radius 3 is 1.29 bits per heavy atom. The van der Waals surface area contributed by atoms with Crippen LogP contribution in [0.25, 0.3) is 10.8 Å². The summed E-state index contributed by atoms with van der Waals surface area (Å²) in [5.41, 5.74) is 3.54. The minimum absolute atomic E-state index is 0.663. The van der Waals surface area contributed by atoms with Gasteiger partial charge in [-0.05, 0) is 59.7 Å². The molecule has 0 aliphatic carbocycles. The molecule has 34 heavy (non-hydrogen) atoms. The monoisotopic (exact) mass is 454 g/mol. The molecule has 0 amide bonds. The third-order valence-corrected chi connectivity index (χ3v) is 5.40. The van der Waals surface area contributed by atoms with Crippen molar-refractivity contribution in [3.05, 3.63) is 83.9 Å². The second-order valence-corrected chi connectivity index (χ2v) is 7.39. The van der Waals surface area contributed by atoms with E-state index in [9.17, 15) is 0 Å². The zero-order valence-electron chi connectivity index (χ0n) is 19.6. The zero-order chi connectivity index (χ0) is 23.9. The summed E-state index contributed by atoms with van der Waals surface area (Å²) in [6, 6.07) is 23.4. The molecule has 0 unspecified atom stereocenters. The third-order valence-electron chi connectivity index (χ3n) is 5.40. The first-order valence-corrected chi connectivity index (χ1v) is 10.7. The Bertz CT molecular complexity index is 1260. The van der Waals surface area contributed by atoms with Crippen molar-refractivity contribution in [2.24, 2.45) is 9.98 Å². The lowest BCUT2D eigenvalue weighted by atomic mass is 10.1. The number of hydrogen-bond acceptors (Lipinski definition) is 6. The number of nitrogens with zero attached hydrogens (tertiary/aromatic N) is 2. The van der Waals surface area contributed by atoms with Gasteiger partial charge in [0.2, 0.25) is 0 Å². The van der Waals surface area contributed by atoms with Crippen molar-refractivity contribution in [1.29, 1.82) is 0 Å². The molecule has 0 aliphatic rings. The smallest absolute Gasteiger partial charge is 0.161 e. The van der Waals surface area contributed by atoms with Crippen LogP contribution in [0.2, 0.25) is 0 Å². The molecule has 0 heterocycles. The number of fused-ring (bicyclic) bond motifs is 1. The van der Waals surface area contributed by atoms with Crippen molar-refractivity contribution in [1.82, 2.24) is 0 Å². The van der Waals surface area contributed by atoms with Gasteiger partial charge in [0.1, 0.15) is 0 Å². The molecule has 0 aromatic heterocycles. The largest absolute Gasteiger partial charge is 0.493 e. The lowest BCUT2D eigenvalue weighted by Crippen LogP contribution is -1.92. The number of methoxy groups -OCH3 is 4. The Hall–Kier alpha value is -4.32. The maximum absolute atomic E-state index is 5.39. The van der Waals surface area contributed by atoms with E-state index in [1.807, 2.05) is 85.2 Å². The quantitative estimate of drug-likeness (QED) is 0.290. The average Bonchev–Trinajstić information content (AvgIpc) is 2.90. The van der Waals surface area contributed by atoms with Gasteiger partial charge in [-0.2, -0.15) is 0 Å². The van der Waals surface area contributed by atoms with Crippen LogP contribution in [-0.2, 0) is 0 Å². The highest BCUT2D eigenvalue weighted by molar-refractivity contribution is 6.02. The van der Waals surface area contributed by atoms with Crippen LogP contribution < -0.4 is 18.9 Å². The maximum atomic E-state index is 5.39. The van der Waals surface area contributed by atoms with Crippen LogP contribution in [0.1, 0.15) is 11.1 Å². The first kappa shape index (κ1) is 22.9. The first-order valence-electron chi connectivity index (χ1n) is 10.7. The summed E-state index contributed by atoms with van der Waals surface area (Å²) in [5, 5.41) is 2.03. The van der Waals surface area contributed by atoms with E-state index in [0.717, 1.165) is 33.3 Å². The molecule has 0 radical (unpaired) electrons. The summed E-state index contributed by atoms with van der Waals surface area (Å²) in [7, 11) is 6.47. The molecule has 0 N–H and O–H groups in total. The lowest BCUT2D eigenvalue weighted by molar-refractivity contribution is 0.355. The van der Waals surface area contributed by atoms with Gasteiger partial charge in [-0.15, -0.1) is 0 Å². The third kappa shape index (κ3) is 4.86. The van der Waals surface area contributed by atoms with Crippen molar-refractivity contribution >= 4 is 34.6 Å². The van der Waals surface area contributed by atoms with Crippen LogP contribution in [0.15, 0.2) is 82.8 Å². The fraction of sp³-hybridized carbons (Fsp3) is 0.143. The predicted octanol–water partition coefficient (Wildman–Crippen LogP) is 6.38. The van der Waals surface area contributed by atoms with Gasteiger partial charge in [0.05, 0.1) is 39.8 Å². The molecule has 4 aromatic carbocycles. The minimum atomic E-state index is 0.663. The number of ether oxygens (including phenoxy) is 4. The molecule has 0 atom stereocenters. The van der Waals surface area contributed by atoms with Crippen LogP contribution in [0.3, 0.4) is 0 Å². The van der Waals surface area contributed by atoms with Crippen molar-refractivity contribution in [3.8, 4) is 23.0 Å². The second kappa shape index (κ2) is 10.5. The molecular weight excluding hydrogens is 428 g/mol. The zero-order valence-corrected chi connectivity index (χ0v) is 19.6. The maximum Gasteiger partial charge on any atom is 0.161 e. The molecular formula is C28H26N2O4. The van der Waals surface area contributed by atoms with Gasteiger partial charge < -0.3 is 18.9 Å². The Morgan fingerprint density at radius 1 is 0.500 bits per heavy atom. The van der Waals surface area contributed by atoms with E-state index >= 15 is 0 Å². The Labute approximate surface area is 199 Å². The minimum Gasteiger partial charge on any atom is -0.493 e. The molecule has 0 spiro atoms. The molecule has 172 valence electrons. The van der Waals surface area contributed by atoms with Crippen molar-refractivity contribution in [2.75, 3.05) is 28.4 Å². The molecule has 4 rings (SSSR count). The number of aliphatic imine (C=N–C) groups is 2. The number of hydrogen-bond donors (Lipinski definition) is 0. The van der Waals surface area contributed by atoms with E-state index in [-0.39, 0.29) is 0 Å². The van der Waals surface area contributed by atoms with E-state index in [1.54, 1.807) is 28.4 Å². The SMILES string of the molecule is COc1ccc(C=Nc2ccc(N=Cc3ccc(OC)c(OC)c3)c3ccccc23)cc1OC. The van der Waals surface area contributed by atoms with Crippen LogP contribution in [-0.4, -0.2) is 40.9 Å². The van der Waals surface area contributed by atoms with Crippen molar-refractivity contribution in [3.63, 3.8) is 0 Å². The highest BCUT2D eigenvalue weighted by atomic mass is 16.5. The average molecular weight is 455 g/mol. The van der Waals surface area contributed by atoms with Crippen LogP contribution in [0, 0.1) is 0 Å². The summed E-state index contributed by atoms with van der Waals surface area (Å²) in [5.74, 6) is 2.69. The van der Waals surface area contributed by atoms with Gasteiger partial charge in [-0.25, -0.2) is 0 Å². The topological polar surface area (TPSA) is 61.6 Å². The van der Waals surface area contributed by atoms with Gasteiger partial charge in [-0.3, -0.25) is 9.98 Å². The Kier molecular flexibility index (Phi) is 7.08. The van der Waals surface area contributed by atoms with Gasteiger partial charge in [0.15, 0.2) is 23.0 Å². The normalized spacial score (nSPS) is 11.3. The number of benzene rings is 4. The molecule has 6 nitrogen and oxygen atoms in total. The van der Waals surface area contributed by atoms with Crippen LogP contribution in [0.5, 0.6) is 23.0 Å². The lowest BCUT2D eigenvalue weighted by Gasteiger charge is -2.08. The van der Waals surface area contributed by atoms with Gasteiger partial charge in [-0.1, -0.05) is 24.3 Å². The molecule has 6 heteroatoms. The highest BCUT2D eigenvalue weighted by Gasteiger charge is 2.07. The van der Waals surface area contributed by atoms with Crippen LogP contribution >= 0.6 is 0 Å². The first-order chi connectivity index (χ1) is 16.7. The standard InChI is InChI=1S/C28H26N2O4/c1-31-25-13-9-19(15-27(25)33-3)17-29-23-11-12-24(22-8-6-5-7-21(22)23)30-18-20-10-14-26(32-2)28(16-20)34-4/h5-18H,1-4H3. The van der Waals surface area contributed by atoms with E-state index in [1.165, 1.54) is 0 Å². The summed E-state index contributed by atoms with van der Waals surface area (Å²) in [6.45, 7) is 0. The fourth-order valence-electron chi connectivity index (χ4n) is 3.65. The Balaban J connectivity index is 1.65. The molecule has 0 fully saturated rings. The van der Waals surface area contributed by atoms with Crippen molar-refractivity contribution < 1.29 is 18.9 Å². The highest BCUT2D eigenvalue weighted by Crippen LogP contribution is 2.34. The molecule has 4 aromatic rings. The molecule has 0 saturated carbocycles. The van der Waals surface area contributed by atoms with Crippen LogP contribution in [0.4, 0.5) is 11.4 Å². The van der Waals surface area contributed by atoms with Crippen molar-refractivity contribution in [2.45, 2.75) is 0 Å². The predicted molar refractivity (Wildman–Crippen MR) is 138 cm³/mol. The number of rotatable bonds is 8. The Morgan fingerprint density at radius 2 is 0.912 bits per heavy atom. The van der Waals surface area contributed by atoms with Gasteiger partial charge in [0, 0.05) is 23.2 Å². The summed E-state index contributed by atoms with van der Waals surface area (Å²) in [6.07, 6.45) is 3.63. The molecule has 0 aliphatic heterocycles.